The number of rotatable bonds is 5. The molecule has 0 saturated heterocycles. The van der Waals surface area contributed by atoms with E-state index in [1.54, 1.807) is 17.5 Å². The summed E-state index contributed by atoms with van der Waals surface area (Å²) in [5.74, 6) is 0. The molecule has 0 atom stereocenters. The molecule has 1 N–H and O–H groups in total. The Morgan fingerprint density at radius 2 is 2.00 bits per heavy atom. The molecule has 20 heavy (non-hydrogen) atoms. The molecule has 0 aliphatic heterocycles. The van der Waals surface area contributed by atoms with E-state index >= 15 is 0 Å². The molecule has 2 aromatic heterocycles. The van der Waals surface area contributed by atoms with E-state index in [0.717, 1.165) is 34.5 Å². The monoisotopic (exact) mass is 285 g/mol. The second-order valence-corrected chi connectivity index (χ2v) is 5.28. The van der Waals surface area contributed by atoms with E-state index in [2.05, 4.69) is 27.5 Å². The third-order valence-electron chi connectivity index (χ3n) is 2.81. The summed E-state index contributed by atoms with van der Waals surface area (Å²) in [6.07, 6.45) is 2.85. The van der Waals surface area contributed by atoms with Crippen molar-refractivity contribution in [2.24, 2.45) is 0 Å². The zero-order chi connectivity index (χ0) is 13.8. The summed E-state index contributed by atoms with van der Waals surface area (Å²) in [6, 6.07) is 12.0. The number of nitrogens with zero attached hydrogens (tertiary/aromatic N) is 4. The summed E-state index contributed by atoms with van der Waals surface area (Å²) in [4.78, 5) is 0. The highest BCUT2D eigenvalue weighted by Crippen LogP contribution is 2.27. The summed E-state index contributed by atoms with van der Waals surface area (Å²) >= 11 is 1.55. The molecule has 0 aliphatic carbocycles. The van der Waals surface area contributed by atoms with Crippen LogP contribution in [0.3, 0.4) is 0 Å². The normalized spacial score (nSPS) is 10.7. The van der Waals surface area contributed by atoms with E-state index in [0.29, 0.717) is 0 Å². The van der Waals surface area contributed by atoms with Crippen molar-refractivity contribution < 1.29 is 0 Å². The van der Waals surface area contributed by atoms with Gasteiger partial charge in [0.1, 0.15) is 5.69 Å². The number of anilines is 1. The van der Waals surface area contributed by atoms with Gasteiger partial charge in [-0.05, 0) is 24.6 Å². The first kappa shape index (κ1) is 12.8. The maximum Gasteiger partial charge on any atom is 0.206 e. The van der Waals surface area contributed by atoms with Crippen molar-refractivity contribution in [3.05, 3.63) is 42.6 Å². The molecule has 102 valence electrons. The largest absolute Gasteiger partial charge is 0.360 e. The third kappa shape index (κ3) is 2.55. The van der Waals surface area contributed by atoms with Crippen LogP contribution in [0.25, 0.3) is 16.4 Å². The number of hydrogen-bond donors (Lipinski definition) is 1. The highest BCUT2D eigenvalue weighted by Gasteiger charge is 2.12. The number of aromatic nitrogens is 4. The third-order valence-corrected chi connectivity index (χ3v) is 3.72. The SMILES string of the molecule is CCCNc1nnc(-c2ccnn2-c2ccccc2)s1. The molecule has 2 heterocycles. The number of hydrogen-bond acceptors (Lipinski definition) is 5. The minimum atomic E-state index is 0.850. The Morgan fingerprint density at radius 3 is 2.80 bits per heavy atom. The molecule has 0 fully saturated rings. The maximum absolute atomic E-state index is 4.37. The molecule has 5 nitrogen and oxygen atoms in total. The zero-order valence-electron chi connectivity index (χ0n) is 11.2. The van der Waals surface area contributed by atoms with Crippen LogP contribution in [0.2, 0.25) is 0 Å². The van der Waals surface area contributed by atoms with Gasteiger partial charge in [-0.3, -0.25) is 0 Å². The Morgan fingerprint density at radius 1 is 1.15 bits per heavy atom. The second kappa shape index (κ2) is 5.83. The smallest absolute Gasteiger partial charge is 0.206 e. The average molecular weight is 285 g/mol. The lowest BCUT2D eigenvalue weighted by Crippen LogP contribution is -1.98. The first-order chi connectivity index (χ1) is 9.88. The van der Waals surface area contributed by atoms with Crippen LogP contribution in [0.5, 0.6) is 0 Å². The highest BCUT2D eigenvalue weighted by molar-refractivity contribution is 7.18. The molecule has 3 rings (SSSR count). The topological polar surface area (TPSA) is 55.6 Å². The summed E-state index contributed by atoms with van der Waals surface area (Å²) in [5, 5.41) is 17.7. The van der Waals surface area contributed by atoms with Gasteiger partial charge in [0.25, 0.3) is 0 Å². The predicted molar refractivity (Wildman–Crippen MR) is 81.2 cm³/mol. The fourth-order valence-corrected chi connectivity index (χ4v) is 2.65. The molecule has 0 radical (unpaired) electrons. The highest BCUT2D eigenvalue weighted by atomic mass is 32.1. The molecule has 1 aromatic carbocycles. The van der Waals surface area contributed by atoms with E-state index in [4.69, 9.17) is 0 Å². The summed E-state index contributed by atoms with van der Waals surface area (Å²) in [5.41, 5.74) is 1.98. The zero-order valence-corrected chi connectivity index (χ0v) is 12.0. The van der Waals surface area contributed by atoms with Crippen molar-refractivity contribution in [1.82, 2.24) is 20.0 Å². The quantitative estimate of drug-likeness (QED) is 0.782. The molecule has 3 aromatic rings. The molecule has 0 bridgehead atoms. The maximum atomic E-state index is 4.37. The summed E-state index contributed by atoms with van der Waals surface area (Å²) in [7, 11) is 0. The van der Waals surface area contributed by atoms with Gasteiger partial charge in [0.05, 0.1) is 11.9 Å². The second-order valence-electron chi connectivity index (χ2n) is 4.30. The van der Waals surface area contributed by atoms with Gasteiger partial charge in [-0.2, -0.15) is 5.10 Å². The lowest BCUT2D eigenvalue weighted by atomic mass is 10.3. The average Bonchev–Trinajstić information content (AvgIpc) is 3.14. The molecule has 0 aliphatic rings. The van der Waals surface area contributed by atoms with E-state index in [1.807, 2.05) is 41.1 Å². The van der Waals surface area contributed by atoms with E-state index in [-0.39, 0.29) is 0 Å². The van der Waals surface area contributed by atoms with E-state index in [1.165, 1.54) is 0 Å². The van der Waals surface area contributed by atoms with Gasteiger partial charge >= 0.3 is 0 Å². The number of nitrogens with one attached hydrogen (secondary N) is 1. The predicted octanol–water partition coefficient (Wildman–Crippen LogP) is 3.21. The van der Waals surface area contributed by atoms with Gasteiger partial charge < -0.3 is 5.32 Å². The van der Waals surface area contributed by atoms with Crippen LogP contribution in [0.4, 0.5) is 5.13 Å². The van der Waals surface area contributed by atoms with Crippen molar-refractivity contribution in [1.29, 1.82) is 0 Å². The van der Waals surface area contributed by atoms with Crippen LogP contribution in [-0.2, 0) is 0 Å². The summed E-state index contributed by atoms with van der Waals surface area (Å²) in [6.45, 7) is 3.03. The lowest BCUT2D eigenvalue weighted by Gasteiger charge is -2.04. The van der Waals surface area contributed by atoms with Gasteiger partial charge in [0, 0.05) is 6.54 Å². The first-order valence-corrected chi connectivity index (χ1v) is 7.37. The molecule has 6 heteroatoms. The van der Waals surface area contributed by atoms with Gasteiger partial charge in [-0.15, -0.1) is 10.2 Å². The van der Waals surface area contributed by atoms with Gasteiger partial charge in [-0.1, -0.05) is 36.5 Å². The van der Waals surface area contributed by atoms with Crippen molar-refractivity contribution >= 4 is 16.5 Å². The molecule has 0 spiro atoms. The minimum Gasteiger partial charge on any atom is -0.360 e. The van der Waals surface area contributed by atoms with Crippen LogP contribution in [0, 0.1) is 0 Å². The minimum absolute atomic E-state index is 0.850. The summed E-state index contributed by atoms with van der Waals surface area (Å²) < 4.78 is 1.88. The fourth-order valence-electron chi connectivity index (χ4n) is 1.87. The van der Waals surface area contributed by atoms with E-state index in [9.17, 15) is 0 Å². The van der Waals surface area contributed by atoms with Crippen molar-refractivity contribution in [2.45, 2.75) is 13.3 Å². The Labute approximate surface area is 121 Å². The van der Waals surface area contributed by atoms with Crippen LogP contribution in [-0.4, -0.2) is 26.5 Å². The Kier molecular flexibility index (Phi) is 3.73. The van der Waals surface area contributed by atoms with Gasteiger partial charge in [-0.25, -0.2) is 4.68 Å². The van der Waals surface area contributed by atoms with Crippen LogP contribution in [0.15, 0.2) is 42.6 Å². The van der Waals surface area contributed by atoms with Gasteiger partial charge in [0.2, 0.25) is 5.13 Å². The lowest BCUT2D eigenvalue weighted by molar-refractivity contribution is 0.883. The van der Waals surface area contributed by atoms with Crippen LogP contribution < -0.4 is 5.32 Å². The molecule has 0 saturated carbocycles. The molecule has 0 unspecified atom stereocenters. The van der Waals surface area contributed by atoms with Crippen LogP contribution >= 0.6 is 11.3 Å². The fraction of sp³-hybridized carbons (Fsp3) is 0.214. The molecular weight excluding hydrogens is 270 g/mol. The Balaban J connectivity index is 1.92. The molecular formula is C14H15N5S. The van der Waals surface area contributed by atoms with Crippen molar-refractivity contribution in [2.75, 3.05) is 11.9 Å². The Bertz CT molecular complexity index is 674. The number of benzene rings is 1. The standard InChI is InChI=1S/C14H15N5S/c1-2-9-15-14-18-17-13(20-14)12-8-10-16-19(12)11-6-4-3-5-7-11/h3-8,10H,2,9H2,1H3,(H,15,18). The van der Waals surface area contributed by atoms with E-state index < -0.39 is 0 Å². The van der Waals surface area contributed by atoms with Crippen LogP contribution in [0.1, 0.15) is 13.3 Å². The Hall–Kier alpha value is -2.21. The first-order valence-electron chi connectivity index (χ1n) is 6.55. The van der Waals surface area contributed by atoms with Gasteiger partial charge in [0.15, 0.2) is 5.01 Å². The van der Waals surface area contributed by atoms with Crippen molar-refractivity contribution in [3.8, 4) is 16.4 Å². The number of para-hydroxylation sites is 1. The van der Waals surface area contributed by atoms with Crippen molar-refractivity contribution in [3.63, 3.8) is 0 Å². The molecule has 0 amide bonds.